The van der Waals surface area contributed by atoms with Crippen LogP contribution in [0, 0.1) is 12.7 Å². The SMILES string of the molecule is CC(=O)c1ccc(N2CCN(C(=O)COC(=O)CCNC(=O)c3ccccc3C)CC2)c(F)c1. The van der Waals surface area contributed by atoms with Crippen molar-refractivity contribution < 1.29 is 28.3 Å². The van der Waals surface area contributed by atoms with Crippen molar-refractivity contribution in [2.75, 3.05) is 44.2 Å². The lowest BCUT2D eigenvalue weighted by molar-refractivity contribution is -0.152. The molecule has 0 radical (unpaired) electrons. The maximum Gasteiger partial charge on any atom is 0.308 e. The summed E-state index contributed by atoms with van der Waals surface area (Å²) in [5.41, 5.74) is 2.08. The fourth-order valence-corrected chi connectivity index (χ4v) is 3.69. The average Bonchev–Trinajstić information content (AvgIpc) is 2.82. The summed E-state index contributed by atoms with van der Waals surface area (Å²) >= 11 is 0. The highest BCUT2D eigenvalue weighted by Gasteiger charge is 2.24. The van der Waals surface area contributed by atoms with Crippen LogP contribution in [0.5, 0.6) is 0 Å². The van der Waals surface area contributed by atoms with E-state index in [-0.39, 0.29) is 37.2 Å². The van der Waals surface area contributed by atoms with Crippen LogP contribution in [0.4, 0.5) is 10.1 Å². The fourth-order valence-electron chi connectivity index (χ4n) is 3.69. The van der Waals surface area contributed by atoms with Crippen molar-refractivity contribution >= 4 is 29.3 Å². The number of esters is 1. The predicted octanol–water partition coefficient (Wildman–Crippen LogP) is 2.35. The molecule has 0 bridgehead atoms. The first-order valence-electron chi connectivity index (χ1n) is 11.1. The molecule has 1 N–H and O–H groups in total. The molecule has 0 aromatic heterocycles. The Hall–Kier alpha value is -3.75. The Bertz CT molecular complexity index is 1080. The minimum Gasteiger partial charge on any atom is -0.456 e. The molecule has 1 heterocycles. The van der Waals surface area contributed by atoms with E-state index >= 15 is 0 Å². The van der Waals surface area contributed by atoms with E-state index in [1.165, 1.54) is 13.0 Å². The summed E-state index contributed by atoms with van der Waals surface area (Å²) in [4.78, 5) is 51.2. The Morgan fingerprint density at radius 1 is 1.03 bits per heavy atom. The average molecular weight is 470 g/mol. The van der Waals surface area contributed by atoms with Crippen molar-refractivity contribution in [1.29, 1.82) is 0 Å². The number of rotatable bonds is 8. The van der Waals surface area contributed by atoms with Crippen molar-refractivity contribution in [3.63, 3.8) is 0 Å². The van der Waals surface area contributed by atoms with Gasteiger partial charge in [0.2, 0.25) is 0 Å². The maximum absolute atomic E-state index is 14.4. The third-order valence-corrected chi connectivity index (χ3v) is 5.69. The van der Waals surface area contributed by atoms with Gasteiger partial charge in [0.25, 0.3) is 11.8 Å². The van der Waals surface area contributed by atoms with Gasteiger partial charge in [0.1, 0.15) is 5.82 Å². The molecule has 2 amide bonds. The molecule has 0 unspecified atom stereocenters. The van der Waals surface area contributed by atoms with Gasteiger partial charge in [-0.1, -0.05) is 18.2 Å². The van der Waals surface area contributed by atoms with Crippen LogP contribution in [0.3, 0.4) is 0 Å². The molecule has 1 fully saturated rings. The number of halogens is 1. The minimum absolute atomic E-state index is 0.0474. The molecule has 8 nitrogen and oxygen atoms in total. The monoisotopic (exact) mass is 469 g/mol. The molecule has 3 rings (SSSR count). The standard InChI is InChI=1S/C25H28FN3O5/c1-17-5-3-4-6-20(17)25(33)27-10-9-24(32)34-16-23(31)29-13-11-28(12-14-29)22-8-7-19(18(2)30)15-21(22)26/h3-8,15H,9-14,16H2,1-2H3,(H,27,33). The first kappa shape index (κ1) is 24.9. The zero-order valence-electron chi connectivity index (χ0n) is 19.3. The van der Waals surface area contributed by atoms with Gasteiger partial charge in [-0.3, -0.25) is 19.2 Å². The number of carbonyl (C=O) groups is 4. The number of aryl methyl sites for hydroxylation is 1. The summed E-state index contributed by atoms with van der Waals surface area (Å²) in [5.74, 6) is -1.86. The van der Waals surface area contributed by atoms with Crippen molar-refractivity contribution in [2.45, 2.75) is 20.3 Å². The smallest absolute Gasteiger partial charge is 0.308 e. The van der Waals surface area contributed by atoms with Gasteiger partial charge < -0.3 is 19.9 Å². The molecule has 0 spiro atoms. The molecular formula is C25H28FN3O5. The van der Waals surface area contributed by atoms with Gasteiger partial charge in [0.15, 0.2) is 12.4 Å². The predicted molar refractivity (Wildman–Crippen MR) is 124 cm³/mol. The van der Waals surface area contributed by atoms with Crippen molar-refractivity contribution in [1.82, 2.24) is 10.2 Å². The lowest BCUT2D eigenvalue weighted by atomic mass is 10.1. The number of ketones is 1. The Morgan fingerprint density at radius 3 is 2.38 bits per heavy atom. The third kappa shape index (κ3) is 6.40. The number of nitrogens with zero attached hydrogens (tertiary/aromatic N) is 2. The molecule has 9 heteroatoms. The van der Waals surface area contributed by atoms with Crippen LogP contribution in [0.15, 0.2) is 42.5 Å². The summed E-state index contributed by atoms with van der Waals surface area (Å²) in [5, 5.41) is 2.67. The number of anilines is 1. The Labute approximate surface area is 197 Å². The van der Waals surface area contributed by atoms with Crippen LogP contribution in [-0.4, -0.2) is 67.8 Å². The highest BCUT2D eigenvalue weighted by Crippen LogP contribution is 2.22. The minimum atomic E-state index is -0.579. The summed E-state index contributed by atoms with van der Waals surface area (Å²) in [7, 11) is 0. The van der Waals surface area contributed by atoms with Crippen molar-refractivity contribution in [2.24, 2.45) is 0 Å². The highest BCUT2D eigenvalue weighted by molar-refractivity contribution is 5.96. The van der Waals surface area contributed by atoms with E-state index in [9.17, 15) is 23.6 Å². The molecule has 0 saturated carbocycles. The second-order valence-electron chi connectivity index (χ2n) is 8.07. The number of ether oxygens (including phenoxy) is 1. The molecule has 1 saturated heterocycles. The molecular weight excluding hydrogens is 441 g/mol. The van der Waals surface area contributed by atoms with Crippen LogP contribution in [0.2, 0.25) is 0 Å². The van der Waals surface area contributed by atoms with Gasteiger partial charge in [0.05, 0.1) is 12.1 Å². The lowest BCUT2D eigenvalue weighted by Crippen LogP contribution is -2.50. The van der Waals surface area contributed by atoms with E-state index in [0.29, 0.717) is 43.0 Å². The largest absolute Gasteiger partial charge is 0.456 e. The molecule has 2 aromatic rings. The maximum atomic E-state index is 14.4. The number of amides is 2. The molecule has 0 aliphatic carbocycles. The van der Waals surface area contributed by atoms with E-state index in [1.807, 2.05) is 24.0 Å². The number of hydrogen-bond acceptors (Lipinski definition) is 6. The summed E-state index contributed by atoms with van der Waals surface area (Å²) in [6, 6.07) is 11.5. The summed E-state index contributed by atoms with van der Waals surface area (Å²) < 4.78 is 19.4. The first-order valence-corrected chi connectivity index (χ1v) is 11.1. The van der Waals surface area contributed by atoms with Crippen LogP contribution >= 0.6 is 0 Å². The number of Topliss-reactive ketones (excluding diaryl/α,β-unsaturated/α-hetero) is 1. The number of nitrogens with one attached hydrogen (secondary N) is 1. The number of carbonyl (C=O) groups excluding carboxylic acids is 4. The third-order valence-electron chi connectivity index (χ3n) is 5.69. The Balaban J connectivity index is 1.38. The molecule has 0 atom stereocenters. The summed E-state index contributed by atoms with van der Waals surface area (Å²) in [6.07, 6.45) is -0.0474. The molecule has 1 aliphatic rings. The van der Waals surface area contributed by atoms with Gasteiger partial charge in [-0.2, -0.15) is 0 Å². The van der Waals surface area contributed by atoms with Crippen molar-refractivity contribution in [3.8, 4) is 0 Å². The zero-order valence-corrected chi connectivity index (χ0v) is 19.3. The second kappa shape index (κ2) is 11.4. The van der Waals surface area contributed by atoms with Gasteiger partial charge >= 0.3 is 5.97 Å². The quantitative estimate of drug-likeness (QED) is 0.471. The Kier molecular flexibility index (Phi) is 8.34. The fraction of sp³-hybridized carbons (Fsp3) is 0.360. The first-order chi connectivity index (χ1) is 16.3. The second-order valence-corrected chi connectivity index (χ2v) is 8.07. The molecule has 1 aliphatic heterocycles. The van der Waals surface area contributed by atoms with Crippen LogP contribution < -0.4 is 10.2 Å². The van der Waals surface area contributed by atoms with E-state index < -0.39 is 11.8 Å². The summed E-state index contributed by atoms with van der Waals surface area (Å²) in [6.45, 7) is 4.48. The van der Waals surface area contributed by atoms with E-state index in [4.69, 9.17) is 4.74 Å². The number of piperazine rings is 1. The lowest BCUT2D eigenvalue weighted by Gasteiger charge is -2.36. The highest BCUT2D eigenvalue weighted by atomic mass is 19.1. The van der Waals surface area contributed by atoms with Gasteiger partial charge in [0, 0.05) is 43.9 Å². The van der Waals surface area contributed by atoms with Crippen molar-refractivity contribution in [3.05, 3.63) is 65.0 Å². The van der Waals surface area contributed by atoms with Crippen LogP contribution in [-0.2, 0) is 14.3 Å². The molecule has 2 aromatic carbocycles. The van der Waals surface area contributed by atoms with E-state index in [0.717, 1.165) is 5.56 Å². The molecule has 34 heavy (non-hydrogen) atoms. The van der Waals surface area contributed by atoms with Gasteiger partial charge in [-0.15, -0.1) is 0 Å². The van der Waals surface area contributed by atoms with Crippen LogP contribution in [0.1, 0.15) is 39.6 Å². The Morgan fingerprint density at radius 2 is 1.74 bits per heavy atom. The topological polar surface area (TPSA) is 96.0 Å². The van der Waals surface area contributed by atoms with Gasteiger partial charge in [-0.25, -0.2) is 4.39 Å². The van der Waals surface area contributed by atoms with Crippen LogP contribution in [0.25, 0.3) is 0 Å². The normalized spacial score (nSPS) is 13.4. The number of benzene rings is 2. The number of hydrogen-bond donors (Lipinski definition) is 1. The van der Waals surface area contributed by atoms with Gasteiger partial charge in [-0.05, 0) is 43.7 Å². The zero-order chi connectivity index (χ0) is 24.7. The van der Waals surface area contributed by atoms with E-state index in [2.05, 4.69) is 5.32 Å². The molecule has 180 valence electrons. The van der Waals surface area contributed by atoms with E-state index in [1.54, 1.807) is 29.2 Å².